The lowest BCUT2D eigenvalue weighted by atomic mass is 9.33. The van der Waals surface area contributed by atoms with Crippen molar-refractivity contribution in [3.63, 3.8) is 0 Å². The van der Waals surface area contributed by atoms with Gasteiger partial charge in [-0.1, -0.05) is 87.9 Å². The van der Waals surface area contributed by atoms with Crippen LogP contribution in [0.4, 0.5) is 0 Å². The first-order valence-electron chi connectivity index (χ1n) is 18.5. The van der Waals surface area contributed by atoms with E-state index in [0.717, 1.165) is 25.7 Å². The fourth-order valence-electron chi connectivity index (χ4n) is 12.1. The SMILES string of the molecule is C=CCCC(=O)OC[C@]1(C)C2CC[C@]3(C)C(CC=C4C5CC(C)(C)[C@@H](OC(=O)CC/C=C/I)[C@H](O)[C@]5(CO)[C@H](O)C[C@]43C)[C@@]2(C)CC[C@@H]1O. The molecule has 0 heterocycles. The molecular formula is C40H61IO8. The van der Waals surface area contributed by atoms with E-state index in [4.69, 9.17) is 9.47 Å². The molecule has 276 valence electrons. The fraction of sp³-hybridized carbons (Fsp3) is 0.800. The van der Waals surface area contributed by atoms with E-state index in [1.54, 1.807) is 6.08 Å². The Kier molecular flexibility index (Phi) is 11.1. The highest BCUT2D eigenvalue weighted by Gasteiger charge is 2.73. The molecule has 3 unspecified atom stereocenters. The zero-order valence-corrected chi connectivity index (χ0v) is 32.7. The second-order valence-corrected chi connectivity index (χ2v) is 18.6. The van der Waals surface area contributed by atoms with Gasteiger partial charge < -0.3 is 29.9 Å². The van der Waals surface area contributed by atoms with Crippen molar-refractivity contribution in [1.82, 2.24) is 0 Å². The number of rotatable bonds is 10. The Labute approximate surface area is 307 Å². The first-order valence-corrected chi connectivity index (χ1v) is 19.7. The molecule has 0 spiro atoms. The van der Waals surface area contributed by atoms with E-state index in [9.17, 15) is 30.0 Å². The number of hydrogen-bond acceptors (Lipinski definition) is 8. The Morgan fingerprint density at radius 1 is 0.959 bits per heavy atom. The zero-order valence-electron chi connectivity index (χ0n) is 30.6. The average molecular weight is 797 g/mol. The van der Waals surface area contributed by atoms with Crippen molar-refractivity contribution in [2.75, 3.05) is 13.2 Å². The number of carbonyl (C=O) groups excluding carboxylic acids is 2. The number of ether oxygens (including phenoxy) is 2. The lowest BCUT2D eigenvalue weighted by Gasteiger charge is -2.72. The van der Waals surface area contributed by atoms with Crippen LogP contribution in [0.25, 0.3) is 0 Å². The fourth-order valence-corrected chi connectivity index (χ4v) is 12.5. The zero-order chi connectivity index (χ0) is 36.2. The molecular weight excluding hydrogens is 735 g/mol. The quantitative estimate of drug-likeness (QED) is 0.108. The van der Waals surface area contributed by atoms with Gasteiger partial charge >= 0.3 is 11.9 Å². The highest BCUT2D eigenvalue weighted by molar-refractivity contribution is 14.1. The molecule has 8 nitrogen and oxygen atoms in total. The summed E-state index contributed by atoms with van der Waals surface area (Å²) in [6.07, 6.45) is 8.97. The third-order valence-corrected chi connectivity index (χ3v) is 15.6. The Hall–Kier alpha value is -1.27. The number of fused-ring (bicyclic) bond motifs is 7. The maximum Gasteiger partial charge on any atom is 0.306 e. The molecule has 0 aromatic carbocycles. The lowest BCUT2D eigenvalue weighted by Crippen LogP contribution is -2.72. The molecule has 5 aliphatic carbocycles. The van der Waals surface area contributed by atoms with Crippen molar-refractivity contribution in [2.45, 2.75) is 137 Å². The van der Waals surface area contributed by atoms with Gasteiger partial charge in [-0.2, -0.15) is 0 Å². The van der Waals surface area contributed by atoms with Gasteiger partial charge in [-0.25, -0.2) is 0 Å². The Morgan fingerprint density at radius 2 is 1.65 bits per heavy atom. The second kappa shape index (κ2) is 13.9. The van der Waals surface area contributed by atoms with Crippen LogP contribution in [0.1, 0.15) is 112 Å². The molecule has 0 aromatic heterocycles. The van der Waals surface area contributed by atoms with E-state index in [1.807, 2.05) is 24.0 Å². The van der Waals surface area contributed by atoms with Crippen LogP contribution in [0.3, 0.4) is 0 Å². The predicted molar refractivity (Wildman–Crippen MR) is 197 cm³/mol. The Balaban J connectivity index is 1.48. The Morgan fingerprint density at radius 3 is 2.31 bits per heavy atom. The minimum Gasteiger partial charge on any atom is -0.465 e. The number of hydrogen-bond donors (Lipinski definition) is 4. The molecule has 9 heteroatoms. The summed E-state index contributed by atoms with van der Waals surface area (Å²) in [6, 6.07) is 0. The maximum absolute atomic E-state index is 12.9. The monoisotopic (exact) mass is 796 g/mol. The smallest absolute Gasteiger partial charge is 0.306 e. The van der Waals surface area contributed by atoms with E-state index in [2.05, 4.69) is 62.9 Å². The van der Waals surface area contributed by atoms with Gasteiger partial charge in [-0.3, -0.25) is 9.59 Å². The lowest BCUT2D eigenvalue weighted by molar-refractivity contribution is -0.263. The molecule has 0 radical (unpaired) electrons. The van der Waals surface area contributed by atoms with E-state index in [1.165, 1.54) is 5.57 Å². The molecule has 5 rings (SSSR count). The van der Waals surface area contributed by atoms with Gasteiger partial charge in [-0.05, 0) is 95.9 Å². The molecule has 0 amide bonds. The number of aliphatic hydroxyl groups is 4. The van der Waals surface area contributed by atoms with Gasteiger partial charge in [0.2, 0.25) is 0 Å². The molecule has 4 saturated carbocycles. The van der Waals surface area contributed by atoms with E-state index < -0.39 is 52.7 Å². The summed E-state index contributed by atoms with van der Waals surface area (Å²) in [5.74, 6) is -0.524. The molecule has 5 aliphatic rings. The van der Waals surface area contributed by atoms with Crippen LogP contribution in [-0.4, -0.2) is 70.0 Å². The van der Waals surface area contributed by atoms with Gasteiger partial charge in [0.1, 0.15) is 12.2 Å². The van der Waals surface area contributed by atoms with Crippen LogP contribution in [0.15, 0.2) is 34.5 Å². The van der Waals surface area contributed by atoms with Gasteiger partial charge in [-0.15, -0.1) is 6.58 Å². The average Bonchev–Trinajstić information content (AvgIpc) is 3.03. The topological polar surface area (TPSA) is 134 Å². The van der Waals surface area contributed by atoms with Crippen LogP contribution in [-0.2, 0) is 19.1 Å². The van der Waals surface area contributed by atoms with Crippen LogP contribution >= 0.6 is 22.6 Å². The molecule has 0 aliphatic heterocycles. The largest absolute Gasteiger partial charge is 0.465 e. The molecule has 0 bridgehead atoms. The van der Waals surface area contributed by atoms with Crippen molar-refractivity contribution in [2.24, 2.45) is 50.2 Å². The summed E-state index contributed by atoms with van der Waals surface area (Å²) in [6.45, 7) is 16.7. The number of allylic oxidation sites excluding steroid dienone is 4. The maximum atomic E-state index is 12.9. The van der Waals surface area contributed by atoms with Gasteiger partial charge in [0, 0.05) is 23.7 Å². The van der Waals surface area contributed by atoms with Crippen LogP contribution in [0.5, 0.6) is 0 Å². The standard InChI is InChI=1S/C40H61IO8/c1-8-9-12-31(45)48-24-37(5)27-16-19-38(6)28(36(27,4)18-17-29(37)43)15-14-25-26-21-35(2,3)34(49-32(46)13-10-11-20-41)33(47)40(26,23-42)30(44)22-39(25,38)7/h8,11,14,20,26-30,33-34,42-44,47H,1,9-10,12-13,15-19,21-24H2,2-7H3/b20-11+/t26?,27?,28?,29-,30+,33-,34-,36-,37+,38+,39+,40-/m0/s1. The first kappa shape index (κ1) is 38.9. The number of aliphatic hydroxyl groups excluding tert-OH is 4. The van der Waals surface area contributed by atoms with E-state index in [-0.39, 0.29) is 60.0 Å². The third-order valence-electron chi connectivity index (χ3n) is 15.1. The number of esters is 2. The normalized spacial score (nSPS) is 45.6. The summed E-state index contributed by atoms with van der Waals surface area (Å²) in [7, 11) is 0. The van der Waals surface area contributed by atoms with Crippen LogP contribution in [0.2, 0.25) is 0 Å². The predicted octanol–water partition coefficient (Wildman–Crippen LogP) is 6.82. The number of carbonyl (C=O) groups is 2. The van der Waals surface area contributed by atoms with Gasteiger partial charge in [0.25, 0.3) is 0 Å². The Bertz CT molecular complexity index is 1340. The molecule has 4 N–H and O–H groups in total. The minimum atomic E-state index is -1.25. The molecule has 12 atom stereocenters. The summed E-state index contributed by atoms with van der Waals surface area (Å²) in [4.78, 5) is 25.5. The van der Waals surface area contributed by atoms with Gasteiger partial charge in [0.15, 0.2) is 0 Å². The summed E-state index contributed by atoms with van der Waals surface area (Å²) in [5, 5.41) is 47.0. The molecule has 49 heavy (non-hydrogen) atoms. The molecule has 0 aromatic rings. The highest BCUT2D eigenvalue weighted by atomic mass is 127. The van der Waals surface area contributed by atoms with Crippen molar-refractivity contribution in [3.8, 4) is 0 Å². The minimum absolute atomic E-state index is 0.132. The summed E-state index contributed by atoms with van der Waals surface area (Å²) < 4.78 is 13.7. The second-order valence-electron chi connectivity index (χ2n) is 17.8. The van der Waals surface area contributed by atoms with Crippen molar-refractivity contribution in [3.05, 3.63) is 34.5 Å². The van der Waals surface area contributed by atoms with E-state index in [0.29, 0.717) is 32.1 Å². The summed E-state index contributed by atoms with van der Waals surface area (Å²) >= 11 is 2.11. The molecule has 0 saturated heterocycles. The van der Waals surface area contributed by atoms with Gasteiger partial charge in [0.05, 0.1) is 30.8 Å². The van der Waals surface area contributed by atoms with Crippen molar-refractivity contribution < 1.29 is 39.5 Å². The van der Waals surface area contributed by atoms with Crippen LogP contribution in [0, 0.1) is 50.2 Å². The third kappa shape index (κ3) is 6.01. The molecule has 4 fully saturated rings. The highest BCUT2D eigenvalue weighted by Crippen LogP contribution is 2.75. The van der Waals surface area contributed by atoms with Crippen molar-refractivity contribution in [1.29, 1.82) is 0 Å². The first-order chi connectivity index (χ1) is 22.9. The summed E-state index contributed by atoms with van der Waals surface area (Å²) in [5.41, 5.74) is -1.93. The number of halogens is 1. The van der Waals surface area contributed by atoms with Crippen molar-refractivity contribution >= 4 is 34.5 Å². The van der Waals surface area contributed by atoms with Crippen LogP contribution < -0.4 is 0 Å². The van der Waals surface area contributed by atoms with E-state index >= 15 is 0 Å².